The van der Waals surface area contributed by atoms with Crippen LogP contribution in [0.2, 0.25) is 0 Å². The van der Waals surface area contributed by atoms with E-state index in [4.69, 9.17) is 0 Å². The average Bonchev–Trinajstić information content (AvgIpc) is 2.50. The number of aryl methyl sites for hydroxylation is 4. The Balaban J connectivity index is 1.81. The second kappa shape index (κ2) is 5.03. The lowest BCUT2D eigenvalue weighted by Gasteiger charge is -2.24. The molecule has 1 aliphatic heterocycles. The number of carbonyl (C=O) groups excluding carboxylic acids is 1. The van der Waals surface area contributed by atoms with E-state index in [1.54, 1.807) is 0 Å². The first-order valence-electron chi connectivity index (χ1n) is 7.81. The Hall–Kier alpha value is -2.09. The Labute approximate surface area is 125 Å². The van der Waals surface area contributed by atoms with E-state index in [-0.39, 0.29) is 5.91 Å². The summed E-state index contributed by atoms with van der Waals surface area (Å²) in [6.07, 6.45) is 5.65. The number of carbonyl (C=O) groups is 1. The van der Waals surface area contributed by atoms with Gasteiger partial charge in [0.2, 0.25) is 5.91 Å². The molecule has 2 heteroatoms. The number of rotatable bonds is 0. The zero-order chi connectivity index (χ0) is 14.2. The molecule has 0 radical (unpaired) electrons. The third-order valence-corrected chi connectivity index (χ3v) is 4.75. The van der Waals surface area contributed by atoms with Crippen LogP contribution in [0, 0.1) is 0 Å². The summed E-state index contributed by atoms with van der Waals surface area (Å²) >= 11 is 0. The monoisotopic (exact) mass is 277 g/mol. The summed E-state index contributed by atoms with van der Waals surface area (Å²) in [6.45, 7) is 0. The van der Waals surface area contributed by atoms with Crippen LogP contribution in [-0.2, 0) is 36.9 Å². The third-order valence-electron chi connectivity index (χ3n) is 4.75. The molecule has 4 bridgehead atoms. The lowest BCUT2D eigenvalue weighted by molar-refractivity contribution is -0.116. The lowest BCUT2D eigenvalue weighted by atomic mass is 9.88. The molecule has 0 saturated carbocycles. The SMILES string of the molecule is O=C1CCc2c3ccc(c2N1)CCc1ccc(cc1)CC3. The van der Waals surface area contributed by atoms with Gasteiger partial charge in [-0.25, -0.2) is 0 Å². The maximum Gasteiger partial charge on any atom is 0.224 e. The molecule has 1 N–H and O–H groups in total. The molecule has 0 unspecified atom stereocenters. The van der Waals surface area contributed by atoms with Crippen molar-refractivity contribution < 1.29 is 4.79 Å². The lowest BCUT2D eigenvalue weighted by Crippen LogP contribution is -2.22. The fourth-order valence-corrected chi connectivity index (χ4v) is 3.49. The molecule has 0 saturated heterocycles. The molecule has 0 spiro atoms. The molecule has 4 aliphatic carbocycles. The van der Waals surface area contributed by atoms with Gasteiger partial charge in [-0.3, -0.25) is 4.79 Å². The van der Waals surface area contributed by atoms with Gasteiger partial charge in [0.15, 0.2) is 0 Å². The molecule has 5 aliphatic rings. The topological polar surface area (TPSA) is 29.1 Å². The van der Waals surface area contributed by atoms with Gasteiger partial charge in [0.05, 0.1) is 0 Å². The zero-order valence-electron chi connectivity index (χ0n) is 12.1. The van der Waals surface area contributed by atoms with Gasteiger partial charge in [-0.05, 0) is 59.9 Å². The second-order valence-corrected chi connectivity index (χ2v) is 6.10. The molecule has 1 heterocycles. The van der Waals surface area contributed by atoms with Gasteiger partial charge in [-0.2, -0.15) is 0 Å². The summed E-state index contributed by atoms with van der Waals surface area (Å²) in [5.74, 6) is 0.163. The molecule has 0 aromatic heterocycles. The van der Waals surface area contributed by atoms with Crippen molar-refractivity contribution in [2.45, 2.75) is 38.5 Å². The van der Waals surface area contributed by atoms with Crippen LogP contribution < -0.4 is 5.32 Å². The largest absolute Gasteiger partial charge is 0.326 e. The molecule has 2 aromatic carbocycles. The highest BCUT2D eigenvalue weighted by Crippen LogP contribution is 2.32. The molecular weight excluding hydrogens is 258 g/mol. The summed E-state index contributed by atoms with van der Waals surface area (Å²) in [6, 6.07) is 13.5. The van der Waals surface area contributed by atoms with Crippen molar-refractivity contribution in [3.8, 4) is 0 Å². The summed E-state index contributed by atoms with van der Waals surface area (Å²) in [7, 11) is 0. The molecular formula is C19H19NO. The molecule has 2 nitrogen and oxygen atoms in total. The minimum absolute atomic E-state index is 0.163. The minimum atomic E-state index is 0.163. The summed E-state index contributed by atoms with van der Waals surface area (Å²) in [4.78, 5) is 11.8. The molecule has 106 valence electrons. The summed E-state index contributed by atoms with van der Waals surface area (Å²) in [5.41, 5.74) is 7.95. The molecule has 21 heavy (non-hydrogen) atoms. The predicted molar refractivity (Wildman–Crippen MR) is 84.7 cm³/mol. The van der Waals surface area contributed by atoms with Gasteiger partial charge in [-0.1, -0.05) is 36.4 Å². The Bertz CT molecular complexity index is 700. The van der Waals surface area contributed by atoms with Gasteiger partial charge in [0.1, 0.15) is 0 Å². The maximum absolute atomic E-state index is 11.8. The molecule has 7 rings (SSSR count). The van der Waals surface area contributed by atoms with Crippen molar-refractivity contribution in [3.05, 3.63) is 64.2 Å². The fraction of sp³-hybridized carbons (Fsp3) is 0.316. The predicted octanol–water partition coefficient (Wildman–Crippen LogP) is 3.46. The van der Waals surface area contributed by atoms with Crippen LogP contribution in [0.4, 0.5) is 5.69 Å². The summed E-state index contributed by atoms with van der Waals surface area (Å²) < 4.78 is 0. The van der Waals surface area contributed by atoms with Crippen molar-refractivity contribution in [2.24, 2.45) is 0 Å². The van der Waals surface area contributed by atoms with Crippen LogP contribution in [0.3, 0.4) is 0 Å². The van der Waals surface area contributed by atoms with E-state index in [2.05, 4.69) is 41.7 Å². The van der Waals surface area contributed by atoms with E-state index >= 15 is 0 Å². The first kappa shape index (κ1) is 12.6. The standard InChI is InChI=1S/C19H19NO/c21-18-12-11-17-15-7-5-13-1-3-14(4-2-13)6-8-16(10-9-15)19(17)20-18/h1-4,9-10H,5-8,11-12H2,(H,20,21). The van der Waals surface area contributed by atoms with Crippen LogP contribution in [0.25, 0.3) is 0 Å². The highest BCUT2D eigenvalue weighted by atomic mass is 16.1. The van der Waals surface area contributed by atoms with Crippen LogP contribution in [-0.4, -0.2) is 5.91 Å². The van der Waals surface area contributed by atoms with E-state index in [0.29, 0.717) is 6.42 Å². The van der Waals surface area contributed by atoms with Crippen molar-refractivity contribution in [1.82, 2.24) is 0 Å². The van der Waals surface area contributed by atoms with Crippen LogP contribution in [0.15, 0.2) is 36.4 Å². The molecule has 2 aromatic rings. The quantitative estimate of drug-likeness (QED) is 0.785. The van der Waals surface area contributed by atoms with Gasteiger partial charge in [-0.15, -0.1) is 0 Å². The fourth-order valence-electron chi connectivity index (χ4n) is 3.49. The second-order valence-electron chi connectivity index (χ2n) is 6.10. The highest BCUT2D eigenvalue weighted by Gasteiger charge is 2.21. The first-order chi connectivity index (χ1) is 10.3. The maximum atomic E-state index is 11.8. The Morgan fingerprint density at radius 3 is 2.00 bits per heavy atom. The number of benzene rings is 2. The van der Waals surface area contributed by atoms with Gasteiger partial charge >= 0.3 is 0 Å². The number of hydrogen-bond acceptors (Lipinski definition) is 1. The average molecular weight is 277 g/mol. The van der Waals surface area contributed by atoms with Crippen molar-refractivity contribution in [2.75, 3.05) is 5.32 Å². The van der Waals surface area contributed by atoms with E-state index < -0.39 is 0 Å². The van der Waals surface area contributed by atoms with Crippen molar-refractivity contribution >= 4 is 11.6 Å². The van der Waals surface area contributed by atoms with Gasteiger partial charge in [0.25, 0.3) is 0 Å². The molecule has 1 amide bonds. The van der Waals surface area contributed by atoms with Crippen LogP contribution in [0.5, 0.6) is 0 Å². The zero-order valence-corrected chi connectivity index (χ0v) is 12.1. The number of amides is 1. The third kappa shape index (κ3) is 2.35. The first-order valence-corrected chi connectivity index (χ1v) is 7.81. The number of anilines is 1. The Morgan fingerprint density at radius 2 is 1.29 bits per heavy atom. The van der Waals surface area contributed by atoms with Gasteiger partial charge in [0, 0.05) is 12.1 Å². The van der Waals surface area contributed by atoms with Crippen molar-refractivity contribution in [3.63, 3.8) is 0 Å². The van der Waals surface area contributed by atoms with Crippen LogP contribution >= 0.6 is 0 Å². The normalized spacial score (nSPS) is 16.9. The van der Waals surface area contributed by atoms with Gasteiger partial charge < -0.3 is 5.32 Å². The summed E-state index contributed by atoms with van der Waals surface area (Å²) in [5, 5.41) is 3.13. The number of hydrogen-bond donors (Lipinski definition) is 1. The van der Waals surface area contributed by atoms with Crippen molar-refractivity contribution in [1.29, 1.82) is 0 Å². The smallest absolute Gasteiger partial charge is 0.224 e. The molecule has 0 fully saturated rings. The number of nitrogens with one attached hydrogen (secondary N) is 1. The van der Waals surface area contributed by atoms with E-state index in [1.807, 2.05) is 0 Å². The van der Waals surface area contributed by atoms with E-state index in [0.717, 1.165) is 37.8 Å². The highest BCUT2D eigenvalue weighted by molar-refractivity contribution is 5.95. The minimum Gasteiger partial charge on any atom is -0.326 e. The molecule has 0 atom stereocenters. The Kier molecular flexibility index (Phi) is 3.03. The Morgan fingerprint density at radius 1 is 0.667 bits per heavy atom. The van der Waals surface area contributed by atoms with Crippen LogP contribution in [0.1, 0.15) is 34.2 Å². The van der Waals surface area contributed by atoms with E-state index in [1.165, 1.54) is 27.8 Å². The van der Waals surface area contributed by atoms with E-state index in [9.17, 15) is 4.79 Å².